The number of carbonyl (C=O) groups excluding carboxylic acids is 1. The standard InChI is InChI=1S/C16H21FN2O/c17-13-3-1-2-11(6-13)10-18-16(20)9-12-7-14-4-5-15(8-12)19-14/h1-3,6,12,14-15,19H,4-5,7-10H2,(H,18,20). The molecule has 0 radical (unpaired) electrons. The molecule has 2 aliphatic heterocycles. The van der Waals surface area contributed by atoms with Crippen LogP contribution in [0, 0.1) is 11.7 Å². The van der Waals surface area contributed by atoms with E-state index in [0.717, 1.165) is 18.4 Å². The van der Waals surface area contributed by atoms with Crippen molar-refractivity contribution in [1.82, 2.24) is 10.6 Å². The normalized spacial score (nSPS) is 28.4. The Morgan fingerprint density at radius 3 is 2.75 bits per heavy atom. The summed E-state index contributed by atoms with van der Waals surface area (Å²) in [6, 6.07) is 7.61. The molecule has 1 aromatic carbocycles. The number of benzene rings is 1. The lowest BCUT2D eigenvalue weighted by Crippen LogP contribution is -2.39. The molecule has 2 saturated heterocycles. The Labute approximate surface area is 118 Å². The first kappa shape index (κ1) is 13.6. The van der Waals surface area contributed by atoms with E-state index in [-0.39, 0.29) is 11.7 Å². The summed E-state index contributed by atoms with van der Waals surface area (Å²) in [4.78, 5) is 12.0. The largest absolute Gasteiger partial charge is 0.352 e. The second-order valence-electron chi connectivity index (χ2n) is 6.09. The van der Waals surface area contributed by atoms with Crippen LogP contribution in [-0.2, 0) is 11.3 Å². The van der Waals surface area contributed by atoms with E-state index < -0.39 is 0 Å². The van der Waals surface area contributed by atoms with E-state index in [4.69, 9.17) is 0 Å². The van der Waals surface area contributed by atoms with Crippen LogP contribution in [0.4, 0.5) is 4.39 Å². The molecule has 2 N–H and O–H groups in total. The Morgan fingerprint density at radius 1 is 1.30 bits per heavy atom. The Balaban J connectivity index is 1.45. The first-order chi connectivity index (χ1) is 9.69. The number of fused-ring (bicyclic) bond motifs is 2. The van der Waals surface area contributed by atoms with Crippen LogP contribution >= 0.6 is 0 Å². The van der Waals surface area contributed by atoms with Gasteiger partial charge in [-0.15, -0.1) is 0 Å². The van der Waals surface area contributed by atoms with Crippen LogP contribution in [0.25, 0.3) is 0 Å². The van der Waals surface area contributed by atoms with Gasteiger partial charge < -0.3 is 10.6 Å². The molecule has 20 heavy (non-hydrogen) atoms. The fraction of sp³-hybridized carbons (Fsp3) is 0.562. The van der Waals surface area contributed by atoms with Crippen molar-refractivity contribution in [1.29, 1.82) is 0 Å². The maximum atomic E-state index is 13.0. The fourth-order valence-electron chi connectivity index (χ4n) is 3.52. The zero-order valence-corrected chi connectivity index (χ0v) is 11.6. The molecule has 2 unspecified atom stereocenters. The molecule has 1 aromatic rings. The Bertz CT molecular complexity index is 479. The Kier molecular flexibility index (Phi) is 4.01. The third kappa shape index (κ3) is 3.37. The molecule has 2 bridgehead atoms. The van der Waals surface area contributed by atoms with Crippen LogP contribution < -0.4 is 10.6 Å². The molecule has 0 aliphatic carbocycles. The number of nitrogens with one attached hydrogen (secondary N) is 2. The first-order valence-corrected chi connectivity index (χ1v) is 7.46. The van der Waals surface area contributed by atoms with Gasteiger partial charge in [0.1, 0.15) is 5.82 Å². The van der Waals surface area contributed by atoms with Crippen molar-refractivity contribution in [3.63, 3.8) is 0 Å². The van der Waals surface area contributed by atoms with Gasteiger partial charge in [-0.25, -0.2) is 4.39 Å². The first-order valence-electron chi connectivity index (χ1n) is 7.46. The molecule has 3 nitrogen and oxygen atoms in total. The Hall–Kier alpha value is -1.42. The minimum absolute atomic E-state index is 0.0839. The summed E-state index contributed by atoms with van der Waals surface area (Å²) in [6.45, 7) is 0.411. The van der Waals surface area contributed by atoms with Gasteiger partial charge >= 0.3 is 0 Å². The average molecular weight is 276 g/mol. The second kappa shape index (κ2) is 5.92. The van der Waals surface area contributed by atoms with Crippen molar-refractivity contribution in [2.45, 2.75) is 50.7 Å². The van der Waals surface area contributed by atoms with Crippen LogP contribution in [0.15, 0.2) is 24.3 Å². The van der Waals surface area contributed by atoms with Crippen molar-refractivity contribution in [2.24, 2.45) is 5.92 Å². The molecule has 2 aliphatic rings. The summed E-state index contributed by atoms with van der Waals surface area (Å²) >= 11 is 0. The van der Waals surface area contributed by atoms with Crippen LogP contribution in [0.2, 0.25) is 0 Å². The van der Waals surface area contributed by atoms with Gasteiger partial charge in [0, 0.05) is 25.0 Å². The highest BCUT2D eigenvalue weighted by Crippen LogP contribution is 2.32. The third-order valence-corrected chi connectivity index (χ3v) is 4.42. The Morgan fingerprint density at radius 2 is 2.05 bits per heavy atom. The van der Waals surface area contributed by atoms with E-state index in [9.17, 15) is 9.18 Å². The van der Waals surface area contributed by atoms with E-state index in [2.05, 4.69) is 10.6 Å². The summed E-state index contributed by atoms with van der Waals surface area (Å²) in [7, 11) is 0. The summed E-state index contributed by atoms with van der Waals surface area (Å²) in [6.07, 6.45) is 5.34. The zero-order chi connectivity index (χ0) is 13.9. The molecular formula is C16H21FN2O. The van der Waals surface area contributed by atoms with Gasteiger partial charge in [0.05, 0.1) is 0 Å². The smallest absolute Gasteiger partial charge is 0.220 e. The predicted octanol–water partition coefficient (Wildman–Crippen LogP) is 2.36. The minimum atomic E-state index is -0.258. The van der Waals surface area contributed by atoms with E-state index in [1.54, 1.807) is 6.07 Å². The zero-order valence-electron chi connectivity index (χ0n) is 11.6. The van der Waals surface area contributed by atoms with Crippen LogP contribution in [0.3, 0.4) is 0 Å². The fourth-order valence-corrected chi connectivity index (χ4v) is 3.52. The molecular weight excluding hydrogens is 255 g/mol. The number of rotatable bonds is 4. The van der Waals surface area contributed by atoms with Gasteiger partial charge in [-0.1, -0.05) is 12.1 Å². The number of amides is 1. The predicted molar refractivity (Wildman–Crippen MR) is 75.5 cm³/mol. The molecule has 2 fully saturated rings. The minimum Gasteiger partial charge on any atom is -0.352 e. The highest BCUT2D eigenvalue weighted by atomic mass is 19.1. The van der Waals surface area contributed by atoms with Crippen molar-refractivity contribution in [3.05, 3.63) is 35.6 Å². The number of carbonyl (C=O) groups is 1. The molecule has 2 atom stereocenters. The molecule has 4 heteroatoms. The summed E-state index contributed by atoms with van der Waals surface area (Å²) in [5.41, 5.74) is 0.809. The van der Waals surface area contributed by atoms with Gasteiger partial charge in [-0.3, -0.25) is 4.79 Å². The van der Waals surface area contributed by atoms with Gasteiger partial charge in [-0.2, -0.15) is 0 Å². The lowest BCUT2D eigenvalue weighted by Gasteiger charge is -2.28. The molecule has 0 spiro atoms. The maximum absolute atomic E-state index is 13.0. The van der Waals surface area contributed by atoms with Crippen LogP contribution in [0.1, 0.15) is 37.7 Å². The van der Waals surface area contributed by atoms with Gasteiger partial charge in [-0.05, 0) is 49.3 Å². The van der Waals surface area contributed by atoms with E-state index in [1.165, 1.54) is 25.0 Å². The molecule has 3 rings (SSSR count). The second-order valence-corrected chi connectivity index (χ2v) is 6.09. The SMILES string of the molecule is O=C(CC1CC2CCC(C1)N2)NCc1cccc(F)c1. The summed E-state index contributed by atoms with van der Waals surface area (Å²) < 4.78 is 13.0. The molecule has 108 valence electrons. The molecule has 0 saturated carbocycles. The number of halogens is 1. The molecule has 1 amide bonds. The summed E-state index contributed by atoms with van der Waals surface area (Å²) in [5, 5.41) is 6.48. The number of piperidine rings is 1. The van der Waals surface area contributed by atoms with Crippen molar-refractivity contribution in [2.75, 3.05) is 0 Å². The highest BCUT2D eigenvalue weighted by molar-refractivity contribution is 5.76. The molecule has 0 aromatic heterocycles. The topological polar surface area (TPSA) is 41.1 Å². The maximum Gasteiger partial charge on any atom is 0.220 e. The van der Waals surface area contributed by atoms with Crippen molar-refractivity contribution in [3.8, 4) is 0 Å². The molecule has 2 heterocycles. The average Bonchev–Trinajstić information content (AvgIpc) is 2.76. The van der Waals surface area contributed by atoms with E-state index in [1.807, 2.05) is 6.07 Å². The quantitative estimate of drug-likeness (QED) is 0.886. The van der Waals surface area contributed by atoms with Gasteiger partial charge in [0.25, 0.3) is 0 Å². The lowest BCUT2D eigenvalue weighted by molar-refractivity contribution is -0.122. The van der Waals surface area contributed by atoms with Gasteiger partial charge in [0.15, 0.2) is 0 Å². The van der Waals surface area contributed by atoms with Crippen LogP contribution in [0.5, 0.6) is 0 Å². The third-order valence-electron chi connectivity index (χ3n) is 4.42. The number of hydrogen-bond donors (Lipinski definition) is 2. The van der Waals surface area contributed by atoms with E-state index >= 15 is 0 Å². The highest BCUT2D eigenvalue weighted by Gasteiger charge is 2.34. The van der Waals surface area contributed by atoms with Crippen molar-refractivity contribution < 1.29 is 9.18 Å². The summed E-state index contributed by atoms with van der Waals surface area (Å²) in [5.74, 6) is 0.327. The monoisotopic (exact) mass is 276 g/mol. The van der Waals surface area contributed by atoms with Crippen LogP contribution in [-0.4, -0.2) is 18.0 Å². The lowest BCUT2D eigenvalue weighted by atomic mass is 9.89. The number of hydrogen-bond acceptors (Lipinski definition) is 2. The van der Waals surface area contributed by atoms with Crippen molar-refractivity contribution >= 4 is 5.91 Å². The van der Waals surface area contributed by atoms with E-state index in [0.29, 0.717) is 31.0 Å². The van der Waals surface area contributed by atoms with Gasteiger partial charge in [0.2, 0.25) is 5.91 Å².